The molecule has 1 atom stereocenters. The summed E-state index contributed by atoms with van der Waals surface area (Å²) in [5.41, 5.74) is 2.72. The smallest absolute Gasteiger partial charge is 0.237 e. The molecule has 1 unspecified atom stereocenters. The first-order valence-electron chi connectivity index (χ1n) is 8.67. The monoisotopic (exact) mass is 460 g/mol. The van der Waals surface area contributed by atoms with Gasteiger partial charge in [0.2, 0.25) is 5.91 Å². The lowest BCUT2D eigenvalue weighted by molar-refractivity contribution is -0.115. The normalized spacial score (nSPS) is 11.9. The molecule has 0 bridgehead atoms. The zero-order valence-corrected chi connectivity index (χ0v) is 18.5. The van der Waals surface area contributed by atoms with Crippen molar-refractivity contribution in [3.63, 3.8) is 0 Å². The molecule has 0 aliphatic rings. The molecule has 1 amide bonds. The number of aryl methyl sites for hydroxylation is 1. The van der Waals surface area contributed by atoms with E-state index in [0.717, 1.165) is 27.0 Å². The molecular weight excluding hydrogens is 440 g/mol. The lowest BCUT2D eigenvalue weighted by atomic mass is 10.2. The second-order valence-electron chi connectivity index (χ2n) is 6.30. The fraction of sp³-hybridized carbons (Fsp3) is 0.250. The van der Waals surface area contributed by atoms with E-state index in [2.05, 4.69) is 31.4 Å². The highest BCUT2D eigenvalue weighted by Crippen LogP contribution is 2.31. The minimum atomic E-state index is -0.346. The quantitative estimate of drug-likeness (QED) is 0.540. The molecule has 0 aliphatic heterocycles. The minimum Gasteiger partial charge on any atom is -0.496 e. The molecule has 3 rings (SSSR count). The molecule has 28 heavy (non-hydrogen) atoms. The van der Waals surface area contributed by atoms with Crippen LogP contribution in [0.3, 0.4) is 0 Å². The fourth-order valence-corrected chi connectivity index (χ4v) is 4.06. The van der Waals surface area contributed by atoms with E-state index in [0.29, 0.717) is 11.0 Å². The van der Waals surface area contributed by atoms with Gasteiger partial charge in [0.15, 0.2) is 11.0 Å². The van der Waals surface area contributed by atoms with Crippen LogP contribution >= 0.6 is 27.7 Å². The molecule has 0 saturated heterocycles. The van der Waals surface area contributed by atoms with Crippen LogP contribution in [0.2, 0.25) is 0 Å². The molecule has 0 saturated carbocycles. The Balaban J connectivity index is 1.75. The van der Waals surface area contributed by atoms with Gasteiger partial charge < -0.3 is 14.6 Å². The highest BCUT2D eigenvalue weighted by atomic mass is 79.9. The number of carbonyl (C=O) groups is 1. The van der Waals surface area contributed by atoms with Crippen molar-refractivity contribution < 1.29 is 9.53 Å². The van der Waals surface area contributed by atoms with Gasteiger partial charge in [-0.3, -0.25) is 4.79 Å². The van der Waals surface area contributed by atoms with Gasteiger partial charge in [-0.25, -0.2) is 0 Å². The Bertz CT molecular complexity index is 1010. The van der Waals surface area contributed by atoms with Crippen molar-refractivity contribution in [1.29, 1.82) is 0 Å². The molecular formula is C20H21BrN4O2S. The van der Waals surface area contributed by atoms with Crippen LogP contribution in [0.1, 0.15) is 12.5 Å². The number of hydrogen-bond donors (Lipinski definition) is 1. The molecule has 1 heterocycles. The van der Waals surface area contributed by atoms with Crippen LogP contribution in [-0.2, 0) is 11.8 Å². The van der Waals surface area contributed by atoms with Crippen molar-refractivity contribution in [2.75, 3.05) is 12.4 Å². The summed E-state index contributed by atoms with van der Waals surface area (Å²) >= 11 is 4.84. The minimum absolute atomic E-state index is 0.101. The zero-order valence-electron chi connectivity index (χ0n) is 16.1. The third-order valence-electron chi connectivity index (χ3n) is 4.22. The maximum atomic E-state index is 12.6. The number of nitrogens with zero attached hydrogens (tertiary/aromatic N) is 3. The topological polar surface area (TPSA) is 69.0 Å². The maximum Gasteiger partial charge on any atom is 0.237 e. The number of methoxy groups -OCH3 is 1. The van der Waals surface area contributed by atoms with Crippen molar-refractivity contribution in [2.45, 2.75) is 24.3 Å². The largest absolute Gasteiger partial charge is 0.496 e. The van der Waals surface area contributed by atoms with Gasteiger partial charge in [-0.2, -0.15) is 0 Å². The zero-order chi connectivity index (χ0) is 20.3. The third kappa shape index (κ3) is 4.39. The van der Waals surface area contributed by atoms with Crippen molar-refractivity contribution in [3.05, 3.63) is 52.5 Å². The first kappa shape index (κ1) is 20.4. The summed E-state index contributed by atoms with van der Waals surface area (Å²) in [4.78, 5) is 12.6. The molecule has 3 aromatic rings. The molecule has 0 radical (unpaired) electrons. The summed E-state index contributed by atoms with van der Waals surface area (Å²) in [6, 6.07) is 13.5. The first-order valence-corrected chi connectivity index (χ1v) is 10.3. The van der Waals surface area contributed by atoms with E-state index < -0.39 is 0 Å². The van der Waals surface area contributed by atoms with Crippen LogP contribution in [0.5, 0.6) is 5.75 Å². The number of halogens is 1. The lowest BCUT2D eigenvalue weighted by Gasteiger charge is -2.13. The number of ether oxygens (including phenoxy) is 1. The van der Waals surface area contributed by atoms with Gasteiger partial charge >= 0.3 is 0 Å². The molecule has 6 nitrogen and oxygen atoms in total. The number of carbonyl (C=O) groups excluding carboxylic acids is 1. The van der Waals surface area contributed by atoms with E-state index in [-0.39, 0.29) is 11.2 Å². The van der Waals surface area contributed by atoms with E-state index in [1.807, 2.05) is 67.9 Å². The van der Waals surface area contributed by atoms with Crippen LogP contribution in [0.4, 0.5) is 5.69 Å². The van der Waals surface area contributed by atoms with Crippen molar-refractivity contribution in [1.82, 2.24) is 14.8 Å². The van der Waals surface area contributed by atoms with Gasteiger partial charge in [-0.15, -0.1) is 10.2 Å². The van der Waals surface area contributed by atoms with E-state index in [4.69, 9.17) is 4.74 Å². The molecule has 0 fully saturated rings. The molecule has 0 spiro atoms. The Kier molecular flexibility index (Phi) is 6.41. The van der Waals surface area contributed by atoms with Gasteiger partial charge in [-0.05, 0) is 59.6 Å². The van der Waals surface area contributed by atoms with Crippen molar-refractivity contribution >= 4 is 39.3 Å². The van der Waals surface area contributed by atoms with E-state index >= 15 is 0 Å². The summed E-state index contributed by atoms with van der Waals surface area (Å²) in [5, 5.41) is 11.8. The number of anilines is 1. The van der Waals surface area contributed by atoms with Crippen LogP contribution in [-0.4, -0.2) is 33.0 Å². The van der Waals surface area contributed by atoms with Gasteiger partial charge in [-0.1, -0.05) is 30.0 Å². The average Bonchev–Trinajstić information content (AvgIpc) is 3.04. The Morgan fingerprint density at radius 1 is 1.25 bits per heavy atom. The number of hydrogen-bond acceptors (Lipinski definition) is 5. The van der Waals surface area contributed by atoms with Crippen molar-refractivity contribution in [3.8, 4) is 17.1 Å². The molecule has 2 aromatic carbocycles. The molecule has 1 N–H and O–H groups in total. The van der Waals surface area contributed by atoms with Crippen LogP contribution in [0.15, 0.2) is 52.1 Å². The van der Waals surface area contributed by atoms with E-state index in [9.17, 15) is 4.79 Å². The predicted molar refractivity (Wildman–Crippen MR) is 116 cm³/mol. The number of aromatic nitrogens is 3. The van der Waals surface area contributed by atoms with Gasteiger partial charge in [0.1, 0.15) is 5.75 Å². The SMILES string of the molecule is COc1ccccc1-c1nnc(SC(C)C(=O)Nc2ccc(C)cc2Br)n1C. The second-order valence-corrected chi connectivity index (χ2v) is 8.46. The second kappa shape index (κ2) is 8.79. The molecule has 8 heteroatoms. The first-order chi connectivity index (χ1) is 13.4. The highest BCUT2D eigenvalue weighted by molar-refractivity contribution is 9.10. The Morgan fingerprint density at radius 3 is 2.71 bits per heavy atom. The van der Waals surface area contributed by atoms with Gasteiger partial charge in [0.25, 0.3) is 0 Å². The summed E-state index contributed by atoms with van der Waals surface area (Å²) in [5.74, 6) is 1.31. The van der Waals surface area contributed by atoms with Crippen LogP contribution in [0, 0.1) is 6.92 Å². The van der Waals surface area contributed by atoms with E-state index in [1.54, 1.807) is 7.11 Å². The maximum absolute atomic E-state index is 12.6. The third-order valence-corrected chi connectivity index (χ3v) is 6.01. The van der Waals surface area contributed by atoms with Crippen LogP contribution in [0.25, 0.3) is 11.4 Å². The summed E-state index contributed by atoms with van der Waals surface area (Å²) in [7, 11) is 3.51. The summed E-state index contributed by atoms with van der Waals surface area (Å²) < 4.78 is 8.14. The highest BCUT2D eigenvalue weighted by Gasteiger charge is 2.21. The molecule has 146 valence electrons. The van der Waals surface area contributed by atoms with Crippen LogP contribution < -0.4 is 10.1 Å². The standard InChI is InChI=1S/C20H21BrN4O2S/c1-12-9-10-16(15(21)11-12)22-19(26)13(2)28-20-24-23-18(25(20)3)14-7-5-6-8-17(14)27-4/h5-11,13H,1-4H3,(H,22,26). The average molecular weight is 461 g/mol. The van der Waals surface area contributed by atoms with Gasteiger partial charge in [0, 0.05) is 11.5 Å². The number of thioether (sulfide) groups is 1. The number of benzene rings is 2. The Labute approximate surface area is 176 Å². The predicted octanol–water partition coefficient (Wildman–Crippen LogP) is 4.68. The summed E-state index contributed by atoms with van der Waals surface area (Å²) in [6.45, 7) is 3.85. The molecule has 1 aromatic heterocycles. The van der Waals surface area contributed by atoms with E-state index in [1.165, 1.54) is 11.8 Å². The summed E-state index contributed by atoms with van der Waals surface area (Å²) in [6.07, 6.45) is 0. The Hall–Kier alpha value is -2.32. The number of amides is 1. The number of nitrogens with one attached hydrogen (secondary N) is 1. The molecule has 0 aliphatic carbocycles. The Morgan fingerprint density at radius 2 is 2.00 bits per heavy atom. The number of rotatable bonds is 6. The van der Waals surface area contributed by atoms with Gasteiger partial charge in [0.05, 0.1) is 23.6 Å². The lowest BCUT2D eigenvalue weighted by Crippen LogP contribution is -2.23. The fourth-order valence-electron chi connectivity index (χ4n) is 2.65. The number of para-hydroxylation sites is 1. The van der Waals surface area contributed by atoms with Crippen molar-refractivity contribution in [2.24, 2.45) is 7.05 Å².